The third-order valence-electron chi connectivity index (χ3n) is 5.25. The van der Waals surface area contributed by atoms with Gasteiger partial charge in [0.15, 0.2) is 5.82 Å². The van der Waals surface area contributed by atoms with Crippen molar-refractivity contribution < 1.29 is 4.79 Å². The van der Waals surface area contributed by atoms with Crippen molar-refractivity contribution in [3.8, 4) is 0 Å². The van der Waals surface area contributed by atoms with Crippen LogP contribution in [0, 0.1) is 13.8 Å². The first-order valence-electron chi connectivity index (χ1n) is 9.85. The van der Waals surface area contributed by atoms with Crippen molar-refractivity contribution in [3.63, 3.8) is 0 Å². The highest BCUT2D eigenvalue weighted by molar-refractivity contribution is 6.30. The Morgan fingerprint density at radius 2 is 2.07 bits per heavy atom. The minimum Gasteiger partial charge on any atom is -0.339 e. The average Bonchev–Trinajstić information content (AvgIpc) is 3.35. The number of tetrazole rings is 1. The molecule has 1 aliphatic heterocycles. The van der Waals surface area contributed by atoms with Gasteiger partial charge in [0.2, 0.25) is 5.91 Å². The highest BCUT2D eigenvalue weighted by atomic mass is 35.5. The predicted octanol–water partition coefficient (Wildman–Crippen LogP) is 2.46. The molecular formula is C20H23ClN8O. The lowest BCUT2D eigenvalue weighted by atomic mass is 10.0. The first-order valence-corrected chi connectivity index (χ1v) is 10.2. The molecule has 1 saturated heterocycles. The van der Waals surface area contributed by atoms with Crippen molar-refractivity contribution in [2.45, 2.75) is 39.3 Å². The van der Waals surface area contributed by atoms with Gasteiger partial charge >= 0.3 is 0 Å². The second kappa shape index (κ2) is 8.74. The van der Waals surface area contributed by atoms with Gasteiger partial charge in [0.25, 0.3) is 0 Å². The smallest absolute Gasteiger partial charge is 0.246 e. The maximum absolute atomic E-state index is 12.7. The van der Waals surface area contributed by atoms with Gasteiger partial charge in [-0.3, -0.25) is 4.79 Å². The molecule has 0 atom stereocenters. The Kier molecular flexibility index (Phi) is 5.89. The number of halogens is 1. The van der Waals surface area contributed by atoms with Gasteiger partial charge in [0.1, 0.15) is 12.2 Å². The lowest BCUT2D eigenvalue weighted by Crippen LogP contribution is -2.38. The number of hydrogen-bond acceptors (Lipinski definition) is 6. The number of likely N-dealkylation sites (tertiary alicyclic amines) is 1. The van der Waals surface area contributed by atoms with Crippen LogP contribution in [0.5, 0.6) is 0 Å². The van der Waals surface area contributed by atoms with Crippen molar-refractivity contribution in [1.29, 1.82) is 0 Å². The summed E-state index contributed by atoms with van der Waals surface area (Å²) in [6, 6.07) is 5.85. The molecule has 156 valence electrons. The van der Waals surface area contributed by atoms with Gasteiger partial charge in [0, 0.05) is 24.2 Å². The van der Waals surface area contributed by atoms with Gasteiger partial charge in [-0.1, -0.05) is 17.7 Å². The molecule has 0 spiro atoms. The van der Waals surface area contributed by atoms with Crippen molar-refractivity contribution in [2.75, 3.05) is 13.1 Å². The molecule has 0 N–H and O–H groups in total. The number of carbonyl (C=O) groups excluding carboxylic acids is 1. The fraction of sp³-hybridized carbons (Fsp3) is 0.400. The highest BCUT2D eigenvalue weighted by Crippen LogP contribution is 2.23. The predicted molar refractivity (Wildman–Crippen MR) is 112 cm³/mol. The molecule has 30 heavy (non-hydrogen) atoms. The van der Waals surface area contributed by atoms with E-state index in [1.165, 1.54) is 4.80 Å². The van der Waals surface area contributed by atoms with Crippen LogP contribution >= 0.6 is 11.6 Å². The average molecular weight is 427 g/mol. The Morgan fingerprint density at radius 1 is 1.27 bits per heavy atom. The maximum atomic E-state index is 12.7. The maximum Gasteiger partial charge on any atom is 0.246 e. The summed E-state index contributed by atoms with van der Waals surface area (Å²) in [7, 11) is 0. The van der Waals surface area contributed by atoms with Gasteiger partial charge in [0.05, 0.1) is 12.6 Å². The summed E-state index contributed by atoms with van der Waals surface area (Å²) in [6.07, 6.45) is 6.76. The van der Waals surface area contributed by atoms with Gasteiger partial charge in [-0.15, -0.1) is 10.2 Å². The molecular weight excluding hydrogens is 404 g/mol. The van der Waals surface area contributed by atoms with Crippen LogP contribution in [-0.4, -0.2) is 58.9 Å². The summed E-state index contributed by atoms with van der Waals surface area (Å²) in [5.41, 5.74) is 1.82. The lowest BCUT2D eigenvalue weighted by molar-refractivity contribution is -0.127. The number of rotatable bonds is 5. The van der Waals surface area contributed by atoms with Crippen molar-refractivity contribution >= 4 is 23.6 Å². The Labute approximate surface area is 179 Å². The quantitative estimate of drug-likeness (QED) is 0.581. The number of aromatic nitrogens is 7. The molecule has 9 nitrogen and oxygen atoms in total. The zero-order chi connectivity index (χ0) is 21.1. The molecule has 1 aromatic carbocycles. The zero-order valence-electron chi connectivity index (χ0n) is 16.9. The van der Waals surface area contributed by atoms with E-state index >= 15 is 0 Å². The van der Waals surface area contributed by atoms with E-state index < -0.39 is 0 Å². The molecule has 0 saturated carbocycles. The Bertz CT molecular complexity index is 1060. The van der Waals surface area contributed by atoms with E-state index in [1.54, 1.807) is 25.4 Å². The van der Waals surface area contributed by atoms with E-state index in [2.05, 4.69) is 25.5 Å². The van der Waals surface area contributed by atoms with Crippen molar-refractivity contribution in [1.82, 2.24) is 39.9 Å². The monoisotopic (exact) mass is 426 g/mol. The number of aryl methyl sites for hydroxylation is 2. The SMILES string of the molecule is Cc1nnn(Cc2cc(Cl)ccc2C=CC(=O)N2CCC(n3ncnc3C)CC2)n1. The van der Waals surface area contributed by atoms with Crippen LogP contribution in [0.2, 0.25) is 5.02 Å². The molecule has 0 bridgehead atoms. The fourth-order valence-corrected chi connectivity index (χ4v) is 3.87. The van der Waals surface area contributed by atoms with Crippen LogP contribution in [0.3, 0.4) is 0 Å². The third-order valence-corrected chi connectivity index (χ3v) is 5.48. The summed E-state index contributed by atoms with van der Waals surface area (Å²) in [5, 5.41) is 17.0. The summed E-state index contributed by atoms with van der Waals surface area (Å²) in [5.74, 6) is 1.51. The second-order valence-electron chi connectivity index (χ2n) is 7.35. The molecule has 3 aromatic rings. The summed E-state index contributed by atoms with van der Waals surface area (Å²) < 4.78 is 1.96. The van der Waals surface area contributed by atoms with E-state index in [0.29, 0.717) is 36.5 Å². The molecule has 1 fully saturated rings. The lowest BCUT2D eigenvalue weighted by Gasteiger charge is -2.31. The van der Waals surface area contributed by atoms with Gasteiger partial charge < -0.3 is 4.90 Å². The van der Waals surface area contributed by atoms with Crippen LogP contribution in [-0.2, 0) is 11.3 Å². The van der Waals surface area contributed by atoms with E-state index in [0.717, 1.165) is 29.8 Å². The van der Waals surface area contributed by atoms with E-state index in [4.69, 9.17) is 11.6 Å². The van der Waals surface area contributed by atoms with Crippen LogP contribution in [0.1, 0.15) is 41.7 Å². The number of piperidine rings is 1. The Morgan fingerprint density at radius 3 is 2.73 bits per heavy atom. The van der Waals surface area contributed by atoms with Crippen LogP contribution in [0.15, 0.2) is 30.6 Å². The van der Waals surface area contributed by atoms with Gasteiger partial charge in [-0.2, -0.15) is 9.90 Å². The van der Waals surface area contributed by atoms with Gasteiger partial charge in [-0.25, -0.2) is 9.67 Å². The summed E-state index contributed by atoms with van der Waals surface area (Å²) in [4.78, 5) is 20.3. The van der Waals surface area contributed by atoms with Crippen molar-refractivity contribution in [3.05, 3.63) is 58.4 Å². The standard InChI is InChI=1S/C20H23ClN8O/c1-14-24-26-28(25-14)12-17-11-18(21)5-3-16(17)4-6-20(30)27-9-7-19(8-10-27)29-15(2)22-13-23-29/h3-6,11,13,19H,7-10,12H2,1-2H3. The summed E-state index contributed by atoms with van der Waals surface area (Å²) in [6.45, 7) is 5.56. The first kappa shape index (κ1) is 20.2. The second-order valence-corrected chi connectivity index (χ2v) is 7.79. The van der Waals surface area contributed by atoms with E-state index in [9.17, 15) is 4.79 Å². The molecule has 4 rings (SSSR count). The first-order chi connectivity index (χ1) is 14.5. The summed E-state index contributed by atoms with van der Waals surface area (Å²) >= 11 is 6.16. The number of nitrogens with zero attached hydrogens (tertiary/aromatic N) is 8. The molecule has 0 radical (unpaired) electrons. The number of amides is 1. The molecule has 1 aliphatic rings. The number of benzene rings is 1. The number of carbonyl (C=O) groups is 1. The molecule has 1 amide bonds. The minimum absolute atomic E-state index is 0.000567. The number of hydrogen-bond donors (Lipinski definition) is 0. The Hall–Kier alpha value is -3.07. The van der Waals surface area contributed by atoms with Crippen molar-refractivity contribution in [2.24, 2.45) is 0 Å². The van der Waals surface area contributed by atoms with Crippen LogP contribution < -0.4 is 0 Å². The molecule has 2 aromatic heterocycles. The Balaban J connectivity index is 1.41. The van der Waals surface area contributed by atoms with Crippen LogP contribution in [0.25, 0.3) is 6.08 Å². The molecule has 10 heteroatoms. The topological polar surface area (TPSA) is 94.6 Å². The highest BCUT2D eigenvalue weighted by Gasteiger charge is 2.24. The molecule has 3 heterocycles. The largest absolute Gasteiger partial charge is 0.339 e. The van der Waals surface area contributed by atoms with Crippen LogP contribution in [0.4, 0.5) is 0 Å². The normalized spacial score (nSPS) is 15.2. The van der Waals surface area contributed by atoms with E-state index in [1.807, 2.05) is 34.7 Å². The molecule has 0 aliphatic carbocycles. The third kappa shape index (κ3) is 4.56. The molecule has 0 unspecified atom stereocenters. The van der Waals surface area contributed by atoms with Gasteiger partial charge in [-0.05, 0) is 61.2 Å². The fourth-order valence-electron chi connectivity index (χ4n) is 3.68. The minimum atomic E-state index is -0.000567. The van der Waals surface area contributed by atoms with E-state index in [-0.39, 0.29) is 5.91 Å². The zero-order valence-corrected chi connectivity index (χ0v) is 17.7.